The van der Waals surface area contributed by atoms with Gasteiger partial charge in [0.2, 0.25) is 0 Å². The first kappa shape index (κ1) is 9.99. The number of hydrogen-bond acceptors (Lipinski definition) is 4. The van der Waals surface area contributed by atoms with Gasteiger partial charge in [-0.1, -0.05) is 6.07 Å². The predicted molar refractivity (Wildman–Crippen MR) is 61.5 cm³/mol. The molecule has 0 aliphatic carbocycles. The summed E-state index contributed by atoms with van der Waals surface area (Å²) in [5, 5.41) is 16.1. The van der Waals surface area contributed by atoms with E-state index in [4.69, 9.17) is 0 Å². The molecule has 1 aliphatic rings. The van der Waals surface area contributed by atoms with E-state index in [0.717, 1.165) is 31.0 Å². The molecular formula is C11H13N3OS. The quantitative estimate of drug-likeness (QED) is 0.852. The van der Waals surface area contributed by atoms with E-state index < -0.39 is 0 Å². The molecule has 3 rings (SSSR count). The highest BCUT2D eigenvalue weighted by atomic mass is 32.1. The lowest BCUT2D eigenvalue weighted by atomic mass is 10.1. The monoisotopic (exact) mass is 235 g/mol. The normalized spacial score (nSPS) is 19.7. The summed E-state index contributed by atoms with van der Waals surface area (Å²) < 4.78 is 1.93. The lowest BCUT2D eigenvalue weighted by Crippen LogP contribution is -2.23. The number of aryl methyl sites for hydroxylation is 1. The van der Waals surface area contributed by atoms with E-state index >= 15 is 0 Å². The zero-order valence-corrected chi connectivity index (χ0v) is 9.65. The van der Waals surface area contributed by atoms with Gasteiger partial charge in [0.15, 0.2) is 5.82 Å². The second kappa shape index (κ2) is 3.99. The molecule has 1 unspecified atom stereocenters. The van der Waals surface area contributed by atoms with Crippen molar-refractivity contribution in [3.63, 3.8) is 0 Å². The van der Waals surface area contributed by atoms with Gasteiger partial charge in [0, 0.05) is 24.3 Å². The third-order valence-corrected chi connectivity index (χ3v) is 3.67. The summed E-state index contributed by atoms with van der Waals surface area (Å²) in [6.07, 6.45) is 1.98. The molecule has 84 valence electrons. The average molecular weight is 235 g/mol. The summed E-state index contributed by atoms with van der Waals surface area (Å²) in [5.41, 5.74) is 0. The molecule has 3 heterocycles. The molecule has 0 amide bonds. The van der Waals surface area contributed by atoms with Crippen LogP contribution in [0.15, 0.2) is 17.5 Å². The van der Waals surface area contributed by atoms with Crippen LogP contribution in [0.1, 0.15) is 22.9 Å². The van der Waals surface area contributed by atoms with Gasteiger partial charge in [-0.25, -0.2) is 9.67 Å². The van der Waals surface area contributed by atoms with Crippen LogP contribution in [0.4, 0.5) is 0 Å². The standard InChI is InChI=1S/C11H13N3OS/c15-8-3-4-14-11(6-8)12-10(13-14)7-9-2-1-5-16-9/h1-2,5,8,15H,3-4,6-7H2. The van der Waals surface area contributed by atoms with Crippen molar-refractivity contribution in [3.8, 4) is 0 Å². The molecule has 5 heteroatoms. The fraction of sp³-hybridized carbons (Fsp3) is 0.455. The topological polar surface area (TPSA) is 50.9 Å². The summed E-state index contributed by atoms with van der Waals surface area (Å²) in [7, 11) is 0. The minimum Gasteiger partial charge on any atom is -0.393 e. The SMILES string of the molecule is OC1CCn2nc(Cc3cccs3)nc2C1. The molecule has 4 nitrogen and oxygen atoms in total. The maximum atomic E-state index is 9.54. The number of hydrogen-bond donors (Lipinski definition) is 1. The minimum atomic E-state index is -0.244. The molecule has 0 saturated heterocycles. The predicted octanol–water partition coefficient (Wildman–Crippen LogP) is 1.24. The van der Waals surface area contributed by atoms with Crippen LogP contribution in [0.25, 0.3) is 0 Å². The fourth-order valence-electron chi connectivity index (χ4n) is 1.98. The van der Waals surface area contributed by atoms with Crippen LogP contribution in [0.3, 0.4) is 0 Å². The molecule has 1 N–H and O–H groups in total. The molecule has 1 aliphatic heterocycles. The second-order valence-electron chi connectivity index (χ2n) is 4.07. The highest BCUT2D eigenvalue weighted by molar-refractivity contribution is 7.09. The molecule has 0 aromatic carbocycles. The number of aliphatic hydroxyl groups is 1. The van der Waals surface area contributed by atoms with Gasteiger partial charge in [-0.2, -0.15) is 5.10 Å². The first-order valence-electron chi connectivity index (χ1n) is 5.44. The van der Waals surface area contributed by atoms with Crippen molar-refractivity contribution >= 4 is 11.3 Å². The van der Waals surface area contributed by atoms with Gasteiger partial charge in [0.1, 0.15) is 5.82 Å². The van der Waals surface area contributed by atoms with Gasteiger partial charge in [-0.05, 0) is 17.9 Å². The molecular weight excluding hydrogens is 222 g/mol. The maximum absolute atomic E-state index is 9.54. The van der Waals surface area contributed by atoms with Crippen LogP contribution >= 0.6 is 11.3 Å². The van der Waals surface area contributed by atoms with Crippen molar-refractivity contribution in [2.24, 2.45) is 0 Å². The van der Waals surface area contributed by atoms with Crippen molar-refractivity contribution in [1.29, 1.82) is 0 Å². The van der Waals surface area contributed by atoms with Crippen molar-refractivity contribution in [2.75, 3.05) is 0 Å². The Morgan fingerprint density at radius 2 is 2.50 bits per heavy atom. The van der Waals surface area contributed by atoms with E-state index in [9.17, 15) is 5.11 Å². The lowest BCUT2D eigenvalue weighted by Gasteiger charge is -2.16. The Labute approximate surface area is 97.6 Å². The minimum absolute atomic E-state index is 0.244. The van der Waals surface area contributed by atoms with Crippen LogP contribution in [-0.2, 0) is 19.4 Å². The zero-order chi connectivity index (χ0) is 11.0. The van der Waals surface area contributed by atoms with Crippen molar-refractivity contribution in [1.82, 2.24) is 14.8 Å². The summed E-state index contributed by atoms with van der Waals surface area (Å²) in [5.74, 6) is 1.79. The van der Waals surface area contributed by atoms with Crippen LogP contribution < -0.4 is 0 Å². The summed E-state index contributed by atoms with van der Waals surface area (Å²) in [4.78, 5) is 5.76. The average Bonchev–Trinajstić information content (AvgIpc) is 2.86. The van der Waals surface area contributed by atoms with Crippen molar-refractivity contribution < 1.29 is 5.11 Å². The largest absolute Gasteiger partial charge is 0.393 e. The second-order valence-corrected chi connectivity index (χ2v) is 5.10. The first-order valence-corrected chi connectivity index (χ1v) is 6.32. The van der Waals surface area contributed by atoms with Gasteiger partial charge in [-0.3, -0.25) is 0 Å². The summed E-state index contributed by atoms with van der Waals surface area (Å²) in [6.45, 7) is 0.786. The smallest absolute Gasteiger partial charge is 0.156 e. The molecule has 2 aromatic heterocycles. The van der Waals surface area contributed by atoms with Gasteiger partial charge in [0.05, 0.1) is 6.10 Å². The molecule has 0 spiro atoms. The van der Waals surface area contributed by atoms with Crippen LogP contribution in [-0.4, -0.2) is 26.0 Å². The highest BCUT2D eigenvalue weighted by Gasteiger charge is 2.19. The number of thiophene rings is 1. The number of aliphatic hydroxyl groups excluding tert-OH is 1. The summed E-state index contributed by atoms with van der Waals surface area (Å²) >= 11 is 1.73. The Hall–Kier alpha value is -1.20. The van der Waals surface area contributed by atoms with E-state index in [0.29, 0.717) is 6.42 Å². The van der Waals surface area contributed by atoms with E-state index in [1.54, 1.807) is 11.3 Å². The molecule has 0 fully saturated rings. The molecule has 0 saturated carbocycles. The maximum Gasteiger partial charge on any atom is 0.156 e. The van der Waals surface area contributed by atoms with Crippen molar-refractivity contribution in [2.45, 2.75) is 31.9 Å². The van der Waals surface area contributed by atoms with Gasteiger partial charge >= 0.3 is 0 Å². The van der Waals surface area contributed by atoms with E-state index in [1.165, 1.54) is 4.88 Å². The Kier molecular flexibility index (Phi) is 2.49. The van der Waals surface area contributed by atoms with Gasteiger partial charge in [-0.15, -0.1) is 11.3 Å². The highest BCUT2D eigenvalue weighted by Crippen LogP contribution is 2.16. The Bertz CT molecular complexity index is 477. The lowest BCUT2D eigenvalue weighted by molar-refractivity contribution is 0.138. The molecule has 2 aromatic rings. The Morgan fingerprint density at radius 1 is 1.56 bits per heavy atom. The fourth-order valence-corrected chi connectivity index (χ4v) is 2.69. The molecule has 1 atom stereocenters. The van der Waals surface area contributed by atoms with Crippen molar-refractivity contribution in [3.05, 3.63) is 34.0 Å². The van der Waals surface area contributed by atoms with Crippen LogP contribution in [0.2, 0.25) is 0 Å². The number of aromatic nitrogens is 3. The molecule has 0 radical (unpaired) electrons. The number of fused-ring (bicyclic) bond motifs is 1. The zero-order valence-electron chi connectivity index (χ0n) is 8.83. The van der Waals surface area contributed by atoms with E-state index in [-0.39, 0.29) is 6.10 Å². The Balaban J connectivity index is 1.82. The van der Waals surface area contributed by atoms with Gasteiger partial charge < -0.3 is 5.11 Å². The molecule has 0 bridgehead atoms. The van der Waals surface area contributed by atoms with Crippen LogP contribution in [0.5, 0.6) is 0 Å². The third-order valence-electron chi connectivity index (χ3n) is 2.80. The summed E-state index contributed by atoms with van der Waals surface area (Å²) in [6, 6.07) is 4.14. The van der Waals surface area contributed by atoms with E-state index in [2.05, 4.69) is 21.5 Å². The van der Waals surface area contributed by atoms with E-state index in [1.807, 2.05) is 10.7 Å². The molecule has 16 heavy (non-hydrogen) atoms. The number of rotatable bonds is 2. The van der Waals surface area contributed by atoms with Crippen LogP contribution in [0, 0.1) is 0 Å². The van der Waals surface area contributed by atoms with Gasteiger partial charge in [0.25, 0.3) is 0 Å². The number of nitrogens with zero attached hydrogens (tertiary/aromatic N) is 3. The first-order chi connectivity index (χ1) is 7.81. The third kappa shape index (κ3) is 1.88. The Morgan fingerprint density at radius 3 is 3.31 bits per heavy atom.